The summed E-state index contributed by atoms with van der Waals surface area (Å²) in [5.74, 6) is -0.928. The smallest absolute Gasteiger partial charge is 0.201 e. The van der Waals surface area contributed by atoms with Crippen molar-refractivity contribution in [2.45, 2.75) is 32.1 Å². The summed E-state index contributed by atoms with van der Waals surface area (Å²) < 4.78 is 34.9. The van der Waals surface area contributed by atoms with Crippen molar-refractivity contribution in [1.29, 1.82) is 5.41 Å². The third-order valence-corrected chi connectivity index (χ3v) is 6.30. The van der Waals surface area contributed by atoms with Crippen LogP contribution >= 0.6 is 0 Å². The molecule has 1 saturated heterocycles. The summed E-state index contributed by atoms with van der Waals surface area (Å²) in [4.78, 5) is 7.13. The van der Waals surface area contributed by atoms with Crippen LogP contribution in [0, 0.1) is 24.0 Å². The van der Waals surface area contributed by atoms with Gasteiger partial charge in [0.2, 0.25) is 5.75 Å². The molecule has 0 atom stereocenters. The Morgan fingerprint density at radius 3 is 2.74 bits per heavy atom. The molecule has 12 heteroatoms. The van der Waals surface area contributed by atoms with E-state index in [1.54, 1.807) is 13.0 Å². The zero-order valence-electron chi connectivity index (χ0n) is 19.7. The number of hydrogen-bond donors (Lipinski definition) is 5. The quantitative estimate of drug-likeness (QED) is 0.199. The van der Waals surface area contributed by atoms with Gasteiger partial charge in [0.15, 0.2) is 23.4 Å². The number of benzene rings is 1. The fourth-order valence-electron chi connectivity index (χ4n) is 4.16. The van der Waals surface area contributed by atoms with Crippen molar-refractivity contribution in [2.24, 2.45) is 5.10 Å². The van der Waals surface area contributed by atoms with Gasteiger partial charge in [0.1, 0.15) is 5.84 Å². The molecule has 10 nitrogen and oxygen atoms in total. The number of hydrogen-bond acceptors (Lipinski definition) is 7. The molecule has 0 amide bonds. The summed E-state index contributed by atoms with van der Waals surface area (Å²) in [5, 5.41) is 20.2. The summed E-state index contributed by atoms with van der Waals surface area (Å²) in [6.45, 7) is 4.83. The summed E-state index contributed by atoms with van der Waals surface area (Å²) in [5.41, 5.74) is 7.87. The number of amidine groups is 1. The Labute approximate surface area is 201 Å². The predicted molar refractivity (Wildman–Crippen MR) is 130 cm³/mol. The SMILES string of the molecule is Cc1cc2c(F)c(OC(=N)C/C(=N/NNc3cc(C4CC4)[nH]n3)N3CCN(C)CC3)c(F)cc2[nH]1. The van der Waals surface area contributed by atoms with E-state index in [-0.39, 0.29) is 17.7 Å². The van der Waals surface area contributed by atoms with E-state index in [0.29, 0.717) is 41.9 Å². The lowest BCUT2D eigenvalue weighted by Gasteiger charge is -2.34. The van der Waals surface area contributed by atoms with Crippen molar-refractivity contribution in [2.75, 3.05) is 38.7 Å². The van der Waals surface area contributed by atoms with Gasteiger partial charge in [0.05, 0.1) is 11.9 Å². The molecule has 2 fully saturated rings. The number of nitrogens with one attached hydrogen (secondary N) is 5. The number of anilines is 1. The van der Waals surface area contributed by atoms with Crippen LogP contribution in [0.4, 0.5) is 14.6 Å². The maximum atomic E-state index is 14.9. The number of rotatable bonds is 7. The Morgan fingerprint density at radius 2 is 2.00 bits per heavy atom. The lowest BCUT2D eigenvalue weighted by atomic mass is 10.2. The van der Waals surface area contributed by atoms with Gasteiger partial charge >= 0.3 is 0 Å². The third kappa shape index (κ3) is 5.21. The molecule has 0 radical (unpaired) electrons. The molecule has 5 rings (SSSR count). The first-order chi connectivity index (χ1) is 16.9. The van der Waals surface area contributed by atoms with Crippen LogP contribution in [-0.2, 0) is 0 Å². The number of aryl methyl sites for hydroxylation is 1. The predicted octanol–water partition coefficient (Wildman–Crippen LogP) is 3.28. The fourth-order valence-corrected chi connectivity index (χ4v) is 4.16. The molecule has 186 valence electrons. The normalized spacial score (nSPS) is 17.1. The van der Waals surface area contributed by atoms with Crippen LogP contribution < -0.4 is 15.7 Å². The van der Waals surface area contributed by atoms with Gasteiger partial charge in [0.25, 0.3) is 0 Å². The van der Waals surface area contributed by atoms with Gasteiger partial charge in [-0.3, -0.25) is 15.9 Å². The van der Waals surface area contributed by atoms with Gasteiger partial charge in [0, 0.05) is 61.0 Å². The van der Waals surface area contributed by atoms with E-state index in [2.05, 4.69) is 36.1 Å². The summed E-state index contributed by atoms with van der Waals surface area (Å²) in [6, 6.07) is 4.69. The number of fused-ring (bicyclic) bond motifs is 1. The van der Waals surface area contributed by atoms with Crippen molar-refractivity contribution in [3.05, 3.63) is 41.2 Å². The van der Waals surface area contributed by atoms with Crippen LogP contribution in [0.1, 0.15) is 36.6 Å². The highest BCUT2D eigenvalue weighted by atomic mass is 19.1. The van der Waals surface area contributed by atoms with E-state index >= 15 is 0 Å². The zero-order chi connectivity index (χ0) is 24.5. The number of hydrazine groups is 1. The molecule has 1 aliphatic carbocycles. The lowest BCUT2D eigenvalue weighted by Crippen LogP contribution is -2.48. The molecule has 35 heavy (non-hydrogen) atoms. The molecule has 1 aliphatic heterocycles. The molecule has 0 unspecified atom stereocenters. The number of ether oxygens (including phenoxy) is 1. The largest absolute Gasteiger partial charge is 0.437 e. The zero-order valence-corrected chi connectivity index (χ0v) is 19.7. The van der Waals surface area contributed by atoms with Crippen LogP contribution in [0.5, 0.6) is 5.75 Å². The number of H-pyrrole nitrogens is 2. The number of hydrazone groups is 1. The second-order valence-electron chi connectivity index (χ2n) is 9.16. The van der Waals surface area contributed by atoms with Gasteiger partial charge in [-0.1, -0.05) is 0 Å². The Morgan fingerprint density at radius 1 is 1.23 bits per heavy atom. The Bertz CT molecular complexity index is 1260. The van der Waals surface area contributed by atoms with E-state index in [9.17, 15) is 8.78 Å². The molecule has 1 aromatic carbocycles. The molecular formula is C23H29F2N9O. The van der Waals surface area contributed by atoms with Crippen molar-refractivity contribution in [3.8, 4) is 5.75 Å². The minimum Gasteiger partial charge on any atom is -0.437 e. The number of piperazine rings is 1. The number of nitrogens with zero attached hydrogens (tertiary/aromatic N) is 4. The first-order valence-corrected chi connectivity index (χ1v) is 11.7. The van der Waals surface area contributed by atoms with Crippen molar-refractivity contribution in [3.63, 3.8) is 0 Å². The van der Waals surface area contributed by atoms with Crippen LogP contribution in [0.15, 0.2) is 23.3 Å². The molecule has 3 aromatic rings. The minimum absolute atomic E-state index is 0.0463. The second-order valence-corrected chi connectivity index (χ2v) is 9.16. The van der Waals surface area contributed by atoms with Crippen molar-refractivity contribution < 1.29 is 13.5 Å². The van der Waals surface area contributed by atoms with E-state index in [4.69, 9.17) is 10.1 Å². The highest BCUT2D eigenvalue weighted by molar-refractivity contribution is 5.99. The molecule has 3 heterocycles. The first kappa shape index (κ1) is 23.1. The van der Waals surface area contributed by atoms with E-state index in [1.165, 1.54) is 18.9 Å². The van der Waals surface area contributed by atoms with Gasteiger partial charge < -0.3 is 19.5 Å². The monoisotopic (exact) mass is 485 g/mol. The van der Waals surface area contributed by atoms with E-state index in [0.717, 1.165) is 18.8 Å². The summed E-state index contributed by atoms with van der Waals surface area (Å²) in [7, 11) is 2.04. The molecule has 2 aliphatic rings. The Balaban J connectivity index is 1.29. The van der Waals surface area contributed by atoms with E-state index in [1.807, 2.05) is 18.0 Å². The van der Waals surface area contributed by atoms with Gasteiger partial charge in [-0.15, -0.1) is 5.10 Å². The van der Waals surface area contributed by atoms with Crippen molar-refractivity contribution >= 4 is 28.5 Å². The first-order valence-electron chi connectivity index (χ1n) is 11.7. The van der Waals surface area contributed by atoms with Gasteiger partial charge in [-0.25, -0.2) is 14.3 Å². The summed E-state index contributed by atoms with van der Waals surface area (Å²) in [6.07, 6.45) is 2.29. The number of aromatic nitrogens is 3. The van der Waals surface area contributed by atoms with Crippen molar-refractivity contribution in [1.82, 2.24) is 30.5 Å². The number of likely N-dealkylation sites (N-methyl/N-ethyl adjacent to an activating group) is 1. The molecule has 1 saturated carbocycles. The second kappa shape index (κ2) is 9.53. The highest BCUT2D eigenvalue weighted by Crippen LogP contribution is 2.39. The van der Waals surface area contributed by atoms with E-state index < -0.39 is 17.4 Å². The molecule has 2 aromatic heterocycles. The average molecular weight is 486 g/mol. The maximum Gasteiger partial charge on any atom is 0.201 e. The van der Waals surface area contributed by atoms with Crippen LogP contribution in [0.2, 0.25) is 0 Å². The van der Waals surface area contributed by atoms with Crippen LogP contribution in [0.25, 0.3) is 10.9 Å². The minimum atomic E-state index is -0.871. The highest BCUT2D eigenvalue weighted by Gasteiger charge is 2.26. The van der Waals surface area contributed by atoms with Gasteiger partial charge in [-0.05, 0) is 32.9 Å². The molecule has 0 bridgehead atoms. The Hall–Kier alpha value is -3.67. The molecule has 0 spiro atoms. The number of halogens is 2. The Kier molecular flexibility index (Phi) is 6.29. The summed E-state index contributed by atoms with van der Waals surface area (Å²) >= 11 is 0. The maximum absolute atomic E-state index is 14.9. The number of aromatic amines is 2. The lowest BCUT2D eigenvalue weighted by molar-refractivity contribution is 0.213. The van der Waals surface area contributed by atoms with Crippen LogP contribution in [0.3, 0.4) is 0 Å². The van der Waals surface area contributed by atoms with Crippen LogP contribution in [-0.4, -0.2) is 69.9 Å². The standard InChI is InChI=1S/C23H29F2N9O/c1-13-9-15-18(27-13)10-16(24)23(22(15)25)35-19(26)12-21(34-7-5-33(2)6-8-34)31-32-30-20-11-17(28-29-20)14-3-4-14/h9-11,14,26-27,32H,3-8,12H2,1-2H3,(H2,28,29,30)/b26-19?,31-21-. The third-order valence-electron chi connectivity index (χ3n) is 6.30. The molecule has 5 N–H and O–H groups in total. The molecular weight excluding hydrogens is 456 g/mol. The topological polar surface area (TPSA) is 120 Å². The average Bonchev–Trinajstić information content (AvgIpc) is 3.45. The van der Waals surface area contributed by atoms with Gasteiger partial charge in [-0.2, -0.15) is 5.10 Å². The fraction of sp³-hybridized carbons (Fsp3) is 0.435.